The molecule has 1 aliphatic heterocycles. The second kappa shape index (κ2) is 11.8. The topological polar surface area (TPSA) is 125 Å². The van der Waals surface area contributed by atoms with Crippen molar-refractivity contribution < 1.29 is 29.9 Å². The smallest absolute Gasteiger partial charge is 0.233 e. The predicted molar refractivity (Wildman–Crippen MR) is 133 cm³/mol. The van der Waals surface area contributed by atoms with Crippen LogP contribution in [0.5, 0.6) is 5.88 Å². The van der Waals surface area contributed by atoms with Crippen molar-refractivity contribution in [3.8, 4) is 17.7 Å². The molecule has 3 aromatic rings. The standard InChI is InChI=1S/C27H27ClN2O6/c1-2-35-23-12-10-20(29-30-23)9-7-16-3-5-17(6-4-16)13-19-14-18(8-11-21(19)28)27-26(34)25(33)24(32)22(15-31)36-27/h3-6,8,10-12,14,22,24-27,31-34H,2,13,15H2,1H3/t22-,24-,25+,26-,27+/m1/s1. The van der Waals surface area contributed by atoms with Crippen LogP contribution in [-0.2, 0) is 11.2 Å². The van der Waals surface area contributed by atoms with Gasteiger partial charge in [-0.1, -0.05) is 41.8 Å². The number of aromatic nitrogens is 2. The zero-order valence-electron chi connectivity index (χ0n) is 19.6. The zero-order valence-corrected chi connectivity index (χ0v) is 20.3. The van der Waals surface area contributed by atoms with E-state index in [2.05, 4.69) is 22.0 Å². The van der Waals surface area contributed by atoms with Gasteiger partial charge in [0.05, 0.1) is 13.2 Å². The number of hydrogen-bond donors (Lipinski definition) is 4. The lowest BCUT2D eigenvalue weighted by Gasteiger charge is -2.40. The first-order chi connectivity index (χ1) is 17.4. The zero-order chi connectivity index (χ0) is 25.7. The number of ether oxygens (including phenoxy) is 2. The monoisotopic (exact) mass is 510 g/mol. The molecule has 0 spiro atoms. The SMILES string of the molecule is CCOc1ccc(C#Cc2ccc(Cc3cc([C@@H]4O[C@H](CO)[C@@H](O)[C@H](O)[C@H]4O)ccc3Cl)cc2)nn1. The minimum atomic E-state index is -1.44. The van der Waals surface area contributed by atoms with Gasteiger partial charge in [0.15, 0.2) is 0 Å². The van der Waals surface area contributed by atoms with Gasteiger partial charge in [-0.2, -0.15) is 0 Å². The predicted octanol–water partition coefficient (Wildman–Crippen LogP) is 2.03. The van der Waals surface area contributed by atoms with E-state index in [4.69, 9.17) is 21.1 Å². The van der Waals surface area contributed by atoms with Crippen molar-refractivity contribution in [1.29, 1.82) is 0 Å². The average molecular weight is 511 g/mol. The lowest BCUT2D eigenvalue weighted by molar-refractivity contribution is -0.231. The summed E-state index contributed by atoms with van der Waals surface area (Å²) in [5.41, 5.74) is 3.74. The summed E-state index contributed by atoms with van der Waals surface area (Å²) in [4.78, 5) is 0. The van der Waals surface area contributed by atoms with Crippen LogP contribution in [0.15, 0.2) is 54.6 Å². The first-order valence-corrected chi connectivity index (χ1v) is 11.9. The molecule has 188 valence electrons. The van der Waals surface area contributed by atoms with E-state index in [0.717, 1.165) is 16.7 Å². The second-order valence-electron chi connectivity index (χ2n) is 8.41. The number of halogens is 1. The molecule has 0 bridgehead atoms. The Balaban J connectivity index is 1.47. The third kappa shape index (κ3) is 6.02. The fourth-order valence-electron chi connectivity index (χ4n) is 3.96. The normalized spacial score (nSPS) is 23.6. The Morgan fingerprint density at radius 3 is 2.39 bits per heavy atom. The van der Waals surface area contributed by atoms with Gasteiger partial charge in [-0.3, -0.25) is 0 Å². The summed E-state index contributed by atoms with van der Waals surface area (Å²) in [7, 11) is 0. The summed E-state index contributed by atoms with van der Waals surface area (Å²) in [6.45, 7) is 1.92. The second-order valence-corrected chi connectivity index (χ2v) is 8.82. The van der Waals surface area contributed by atoms with Crippen molar-refractivity contribution in [2.24, 2.45) is 0 Å². The first-order valence-electron chi connectivity index (χ1n) is 11.6. The van der Waals surface area contributed by atoms with Crippen LogP contribution in [0.3, 0.4) is 0 Å². The van der Waals surface area contributed by atoms with Crippen molar-refractivity contribution in [3.05, 3.63) is 87.6 Å². The number of benzene rings is 2. The number of nitrogens with zero attached hydrogens (tertiary/aromatic N) is 2. The van der Waals surface area contributed by atoms with Crippen molar-refractivity contribution in [1.82, 2.24) is 10.2 Å². The summed E-state index contributed by atoms with van der Waals surface area (Å²) >= 11 is 6.43. The number of rotatable bonds is 6. The molecule has 0 radical (unpaired) electrons. The van der Waals surface area contributed by atoms with Crippen LogP contribution in [0.25, 0.3) is 0 Å². The van der Waals surface area contributed by atoms with Gasteiger partial charge < -0.3 is 29.9 Å². The molecular formula is C27H27ClN2O6. The molecule has 9 heteroatoms. The third-order valence-corrected chi connectivity index (χ3v) is 6.28. The maximum Gasteiger partial charge on any atom is 0.233 e. The molecule has 2 heterocycles. The third-order valence-electron chi connectivity index (χ3n) is 5.91. The Bertz CT molecular complexity index is 1220. The fourth-order valence-corrected chi connectivity index (χ4v) is 4.14. The van der Waals surface area contributed by atoms with E-state index in [9.17, 15) is 20.4 Å². The molecule has 0 aliphatic carbocycles. The van der Waals surface area contributed by atoms with Crippen LogP contribution in [0.1, 0.15) is 41.0 Å². The molecule has 1 aromatic heterocycles. The van der Waals surface area contributed by atoms with Crippen molar-refractivity contribution in [2.75, 3.05) is 13.2 Å². The highest BCUT2D eigenvalue weighted by molar-refractivity contribution is 6.31. The Labute approximate surface area is 214 Å². The molecule has 36 heavy (non-hydrogen) atoms. The highest BCUT2D eigenvalue weighted by Crippen LogP contribution is 2.34. The van der Waals surface area contributed by atoms with Crippen LogP contribution in [0.4, 0.5) is 0 Å². The molecule has 8 nitrogen and oxygen atoms in total. The van der Waals surface area contributed by atoms with Crippen molar-refractivity contribution in [3.63, 3.8) is 0 Å². The first kappa shape index (κ1) is 26.0. The lowest BCUT2D eigenvalue weighted by Crippen LogP contribution is -2.55. The van der Waals surface area contributed by atoms with E-state index < -0.39 is 37.1 Å². The molecule has 0 unspecified atom stereocenters. The van der Waals surface area contributed by atoms with Gasteiger partial charge >= 0.3 is 0 Å². The molecular weight excluding hydrogens is 484 g/mol. The van der Waals surface area contributed by atoms with E-state index in [1.54, 1.807) is 30.3 Å². The van der Waals surface area contributed by atoms with E-state index >= 15 is 0 Å². The summed E-state index contributed by atoms with van der Waals surface area (Å²) in [5.74, 6) is 6.50. The number of aliphatic hydroxyl groups excluding tert-OH is 4. The summed E-state index contributed by atoms with van der Waals surface area (Å²) in [6.07, 6.45) is -5.58. The molecule has 0 saturated carbocycles. The molecule has 5 atom stereocenters. The van der Waals surface area contributed by atoms with Crippen LogP contribution in [-0.4, -0.2) is 68.3 Å². The molecule has 1 fully saturated rings. The molecule has 4 N–H and O–H groups in total. The average Bonchev–Trinajstić information content (AvgIpc) is 2.89. The Morgan fingerprint density at radius 1 is 0.944 bits per heavy atom. The van der Waals surface area contributed by atoms with Gasteiger partial charge in [0.25, 0.3) is 0 Å². The van der Waals surface area contributed by atoms with Crippen LogP contribution in [0, 0.1) is 11.8 Å². The van der Waals surface area contributed by atoms with Gasteiger partial charge in [0, 0.05) is 16.7 Å². The van der Waals surface area contributed by atoms with E-state index in [0.29, 0.717) is 35.2 Å². The lowest BCUT2D eigenvalue weighted by atomic mass is 9.90. The summed E-state index contributed by atoms with van der Waals surface area (Å²) in [6, 6.07) is 16.4. The molecule has 2 aromatic carbocycles. The van der Waals surface area contributed by atoms with Crippen LogP contribution in [0.2, 0.25) is 5.02 Å². The molecule has 1 saturated heterocycles. The van der Waals surface area contributed by atoms with Crippen LogP contribution >= 0.6 is 11.6 Å². The van der Waals surface area contributed by atoms with Gasteiger partial charge in [-0.15, -0.1) is 10.2 Å². The Morgan fingerprint density at radius 2 is 1.72 bits per heavy atom. The quantitative estimate of drug-likeness (QED) is 0.371. The Hall–Kier alpha value is -3.03. The van der Waals surface area contributed by atoms with Gasteiger partial charge in [0.1, 0.15) is 36.2 Å². The molecule has 4 rings (SSSR count). The van der Waals surface area contributed by atoms with Crippen molar-refractivity contribution in [2.45, 2.75) is 43.9 Å². The van der Waals surface area contributed by atoms with Crippen LogP contribution < -0.4 is 4.74 Å². The maximum atomic E-state index is 10.4. The van der Waals surface area contributed by atoms with Gasteiger partial charge in [-0.25, -0.2) is 0 Å². The van der Waals surface area contributed by atoms with Crippen molar-refractivity contribution >= 4 is 11.6 Å². The number of hydrogen-bond acceptors (Lipinski definition) is 8. The highest BCUT2D eigenvalue weighted by atomic mass is 35.5. The summed E-state index contributed by atoms with van der Waals surface area (Å²) < 4.78 is 11.0. The van der Waals surface area contributed by atoms with E-state index in [1.165, 1.54) is 0 Å². The fraction of sp³-hybridized carbons (Fsp3) is 0.333. The molecule has 0 amide bonds. The Kier molecular flexibility index (Phi) is 8.54. The summed E-state index contributed by atoms with van der Waals surface area (Å²) in [5, 5.41) is 48.6. The number of aliphatic hydroxyl groups is 4. The van der Waals surface area contributed by atoms with Gasteiger partial charge in [-0.05, 0) is 60.2 Å². The minimum absolute atomic E-state index is 0.460. The van der Waals surface area contributed by atoms with Gasteiger partial charge in [0.2, 0.25) is 5.88 Å². The minimum Gasteiger partial charge on any atom is -0.477 e. The van der Waals surface area contributed by atoms with E-state index in [1.807, 2.05) is 31.2 Å². The molecule has 1 aliphatic rings. The highest BCUT2D eigenvalue weighted by Gasteiger charge is 2.44. The largest absolute Gasteiger partial charge is 0.477 e. The van der Waals surface area contributed by atoms with E-state index in [-0.39, 0.29) is 0 Å². The maximum absolute atomic E-state index is 10.4.